The number of carbonyl (C=O) groups excluding carboxylic acids is 1. The van der Waals surface area contributed by atoms with E-state index in [2.05, 4.69) is 34.3 Å². The Morgan fingerprint density at radius 2 is 1.69 bits per heavy atom. The van der Waals surface area contributed by atoms with Crippen molar-refractivity contribution in [1.29, 1.82) is 0 Å². The van der Waals surface area contributed by atoms with Gasteiger partial charge in [-0.25, -0.2) is 0 Å². The lowest BCUT2D eigenvalue weighted by molar-refractivity contribution is -0.123. The van der Waals surface area contributed by atoms with Crippen LogP contribution in [0.3, 0.4) is 0 Å². The third kappa shape index (κ3) is 6.08. The monoisotopic (exact) mass is 249 g/mol. The molecule has 0 aliphatic heterocycles. The Morgan fingerprint density at radius 3 is 2.00 bits per heavy atom. The normalized spacial score (nSPS) is 10.5. The molecule has 13 heavy (non-hydrogen) atoms. The Kier molecular flexibility index (Phi) is 8.51. The molecule has 0 bridgehead atoms. The zero-order chi connectivity index (χ0) is 10.1. The van der Waals surface area contributed by atoms with Crippen molar-refractivity contribution in [3.05, 3.63) is 0 Å². The second kappa shape index (κ2) is 8.54. The highest BCUT2D eigenvalue weighted by atomic mass is 79.9. The molecule has 78 valence electrons. The first-order valence-electron chi connectivity index (χ1n) is 5.16. The fraction of sp³-hybridized carbons (Fsp3) is 0.900. The van der Waals surface area contributed by atoms with Gasteiger partial charge < -0.3 is 0 Å². The zero-order valence-electron chi connectivity index (χ0n) is 8.61. The van der Waals surface area contributed by atoms with Crippen LogP contribution in [0.1, 0.15) is 52.4 Å². The van der Waals surface area contributed by atoms with Crippen LogP contribution in [-0.2, 0) is 4.79 Å². The van der Waals surface area contributed by atoms with Crippen molar-refractivity contribution in [3.8, 4) is 0 Å². The van der Waals surface area contributed by atoms with Crippen LogP contribution in [0, 0.1) is 5.92 Å². The molecule has 0 radical (unpaired) electrons. The van der Waals surface area contributed by atoms with E-state index >= 15 is 0 Å². The van der Waals surface area contributed by atoms with Gasteiger partial charge in [-0.15, -0.1) is 0 Å². The maximum atomic E-state index is 11.4. The molecule has 0 aromatic carbocycles. The molecule has 0 aliphatic rings. The minimum absolute atomic E-state index is 0.141. The number of nitrogens with one attached hydrogen (secondary N) is 1. The molecule has 1 N–H and O–H groups in total. The van der Waals surface area contributed by atoms with Gasteiger partial charge >= 0.3 is 0 Å². The van der Waals surface area contributed by atoms with Crippen LogP contribution in [0.5, 0.6) is 0 Å². The predicted molar refractivity (Wildman–Crippen MR) is 59.6 cm³/mol. The van der Waals surface area contributed by atoms with Crippen molar-refractivity contribution in [2.24, 2.45) is 5.92 Å². The molecule has 2 nitrogen and oxygen atoms in total. The second-order valence-electron chi connectivity index (χ2n) is 3.44. The van der Waals surface area contributed by atoms with Crippen LogP contribution in [-0.4, -0.2) is 5.91 Å². The summed E-state index contributed by atoms with van der Waals surface area (Å²) in [5, 5.41) is 0. The van der Waals surface area contributed by atoms with Crippen molar-refractivity contribution < 1.29 is 4.79 Å². The van der Waals surface area contributed by atoms with E-state index in [1.165, 1.54) is 0 Å². The van der Waals surface area contributed by atoms with Gasteiger partial charge in [0.05, 0.1) is 0 Å². The van der Waals surface area contributed by atoms with Gasteiger partial charge in [0.1, 0.15) is 0 Å². The van der Waals surface area contributed by atoms with E-state index in [1.54, 1.807) is 0 Å². The molecular formula is C10H20BrNO. The van der Waals surface area contributed by atoms with E-state index in [0.29, 0.717) is 0 Å². The highest BCUT2D eigenvalue weighted by Gasteiger charge is 2.15. The number of carbonyl (C=O) groups is 1. The Morgan fingerprint density at radius 1 is 1.23 bits per heavy atom. The predicted octanol–water partition coefficient (Wildman–Crippen LogP) is 3.41. The number of hydrogen-bond donors (Lipinski definition) is 1. The standard InChI is InChI=1S/C10H20BrNO/c1-3-5-7-9(8-6-4-2)10(13)12-11/h9H,3-8H2,1-2H3,(H,12,13). The first kappa shape index (κ1) is 12.9. The van der Waals surface area contributed by atoms with Crippen molar-refractivity contribution in [3.63, 3.8) is 0 Å². The van der Waals surface area contributed by atoms with Gasteiger partial charge in [-0.2, -0.15) is 0 Å². The van der Waals surface area contributed by atoms with Gasteiger partial charge in [0.25, 0.3) is 0 Å². The number of rotatable bonds is 7. The summed E-state index contributed by atoms with van der Waals surface area (Å²) in [7, 11) is 0. The van der Waals surface area contributed by atoms with E-state index < -0.39 is 0 Å². The maximum absolute atomic E-state index is 11.4. The summed E-state index contributed by atoms with van der Waals surface area (Å²) in [6.45, 7) is 4.31. The quantitative estimate of drug-likeness (QED) is 0.689. The first-order valence-corrected chi connectivity index (χ1v) is 5.96. The molecule has 0 rings (SSSR count). The molecule has 1 amide bonds. The highest BCUT2D eigenvalue weighted by molar-refractivity contribution is 9.08. The van der Waals surface area contributed by atoms with Crippen LogP contribution in [0.4, 0.5) is 0 Å². The summed E-state index contributed by atoms with van der Waals surface area (Å²) in [5.74, 6) is 0.348. The summed E-state index contributed by atoms with van der Waals surface area (Å²) < 4.78 is 2.56. The minimum atomic E-state index is 0.141. The van der Waals surface area contributed by atoms with Crippen molar-refractivity contribution in [1.82, 2.24) is 4.34 Å². The molecule has 0 aromatic rings. The summed E-state index contributed by atoms with van der Waals surface area (Å²) in [5.41, 5.74) is 0. The van der Waals surface area contributed by atoms with E-state index in [-0.39, 0.29) is 11.8 Å². The lowest BCUT2D eigenvalue weighted by Crippen LogP contribution is -2.23. The molecule has 0 aliphatic carbocycles. The maximum Gasteiger partial charge on any atom is 0.232 e. The highest BCUT2D eigenvalue weighted by Crippen LogP contribution is 2.16. The molecule has 0 spiro atoms. The number of amides is 1. The smallest absolute Gasteiger partial charge is 0.232 e. The van der Waals surface area contributed by atoms with Gasteiger partial charge in [0.15, 0.2) is 0 Å². The first-order chi connectivity index (χ1) is 6.26. The lowest BCUT2D eigenvalue weighted by Gasteiger charge is -2.13. The van der Waals surface area contributed by atoms with Gasteiger partial charge in [-0.1, -0.05) is 39.5 Å². The summed E-state index contributed by atoms with van der Waals surface area (Å²) >= 11 is 3.00. The summed E-state index contributed by atoms with van der Waals surface area (Å²) in [6.07, 6.45) is 6.67. The average Bonchev–Trinajstić information content (AvgIpc) is 2.17. The van der Waals surface area contributed by atoms with Crippen LogP contribution >= 0.6 is 16.1 Å². The molecule has 0 saturated heterocycles. The van der Waals surface area contributed by atoms with Crippen molar-refractivity contribution in [2.75, 3.05) is 0 Å². The Balaban J connectivity index is 3.79. The summed E-state index contributed by atoms with van der Waals surface area (Å²) in [4.78, 5) is 11.4. The molecule has 0 fully saturated rings. The van der Waals surface area contributed by atoms with E-state index in [9.17, 15) is 4.79 Å². The SMILES string of the molecule is CCCCC(CCCC)C(=O)NBr. The molecule has 0 saturated carbocycles. The topological polar surface area (TPSA) is 29.1 Å². The van der Waals surface area contributed by atoms with Gasteiger partial charge in [-0.3, -0.25) is 9.14 Å². The molecule has 3 heteroatoms. The third-order valence-electron chi connectivity index (χ3n) is 2.28. The van der Waals surface area contributed by atoms with Gasteiger partial charge in [-0.05, 0) is 12.8 Å². The van der Waals surface area contributed by atoms with Crippen LogP contribution in [0.25, 0.3) is 0 Å². The Bertz CT molecular complexity index is 131. The molecule has 0 unspecified atom stereocenters. The van der Waals surface area contributed by atoms with Crippen molar-refractivity contribution >= 4 is 22.1 Å². The largest absolute Gasteiger partial charge is 0.292 e. The van der Waals surface area contributed by atoms with E-state index in [0.717, 1.165) is 38.5 Å². The van der Waals surface area contributed by atoms with E-state index in [1.807, 2.05) is 0 Å². The molecule has 0 aromatic heterocycles. The summed E-state index contributed by atoms with van der Waals surface area (Å²) in [6, 6.07) is 0. The van der Waals surface area contributed by atoms with Crippen LogP contribution < -0.4 is 4.34 Å². The minimum Gasteiger partial charge on any atom is -0.292 e. The van der Waals surface area contributed by atoms with Crippen LogP contribution in [0.2, 0.25) is 0 Å². The van der Waals surface area contributed by atoms with Crippen LogP contribution in [0.15, 0.2) is 0 Å². The van der Waals surface area contributed by atoms with Crippen molar-refractivity contribution in [2.45, 2.75) is 52.4 Å². The number of halogens is 1. The lowest BCUT2D eigenvalue weighted by atomic mass is 9.95. The fourth-order valence-electron chi connectivity index (χ4n) is 1.38. The molecular weight excluding hydrogens is 230 g/mol. The molecule has 0 heterocycles. The zero-order valence-corrected chi connectivity index (χ0v) is 10.2. The average molecular weight is 250 g/mol. The third-order valence-corrected chi connectivity index (χ3v) is 2.67. The Hall–Kier alpha value is -0.0500. The second-order valence-corrected chi connectivity index (χ2v) is 3.84. The van der Waals surface area contributed by atoms with E-state index in [4.69, 9.17) is 0 Å². The number of hydrogen-bond acceptors (Lipinski definition) is 1. The Labute approximate surface area is 89.8 Å². The fourth-order valence-corrected chi connectivity index (χ4v) is 1.71. The molecule has 0 atom stereocenters. The van der Waals surface area contributed by atoms with Gasteiger partial charge in [0, 0.05) is 22.1 Å². The van der Waals surface area contributed by atoms with Gasteiger partial charge in [0.2, 0.25) is 5.91 Å². The number of unbranched alkanes of at least 4 members (excludes halogenated alkanes) is 2.